The van der Waals surface area contributed by atoms with Crippen LogP contribution < -0.4 is 0 Å². The van der Waals surface area contributed by atoms with Gasteiger partial charge in [-0.3, -0.25) is 4.90 Å². The first kappa shape index (κ1) is 15.5. The van der Waals surface area contributed by atoms with Gasteiger partial charge < -0.3 is 4.57 Å². The molecule has 2 heterocycles. The van der Waals surface area contributed by atoms with E-state index in [9.17, 15) is 0 Å². The molecule has 0 aliphatic heterocycles. The lowest BCUT2D eigenvalue weighted by Crippen LogP contribution is -2.37. The second kappa shape index (κ2) is 6.49. The summed E-state index contributed by atoms with van der Waals surface area (Å²) in [6, 6.07) is 5.78. The number of rotatable bonds is 6. The van der Waals surface area contributed by atoms with E-state index < -0.39 is 0 Å². The molecule has 23 heavy (non-hydrogen) atoms. The number of aromatic nitrogens is 3. The normalized spacial score (nSPS) is 19.0. The first-order valence-electron chi connectivity index (χ1n) is 8.63. The van der Waals surface area contributed by atoms with Crippen LogP contribution in [0.25, 0.3) is 0 Å². The maximum atomic E-state index is 5.65. The number of thiophene rings is 1. The summed E-state index contributed by atoms with van der Waals surface area (Å²) in [6.45, 7) is 0.868. The average Bonchev–Trinajstić information content (AvgIpc) is 2.95. The Balaban J connectivity index is 1.54. The Morgan fingerprint density at radius 1 is 1.26 bits per heavy atom. The van der Waals surface area contributed by atoms with E-state index in [-0.39, 0.29) is 0 Å². The van der Waals surface area contributed by atoms with Gasteiger partial charge in [-0.05, 0) is 49.3 Å². The topological polar surface area (TPSA) is 26.0 Å². The standard InChI is InChI=1S/C17H24N4S2/c1-19-16(11-15-7-4-10-23-15)18-21(17(19)22)12-20(14-8-9-14)13-5-2-3-6-13/h4,7,10,13-14H,2-3,5-6,8-9,11-12H2,1H3. The van der Waals surface area contributed by atoms with Crippen LogP contribution in [0.15, 0.2) is 17.5 Å². The molecule has 0 aromatic carbocycles. The summed E-state index contributed by atoms with van der Waals surface area (Å²) >= 11 is 7.43. The van der Waals surface area contributed by atoms with Gasteiger partial charge >= 0.3 is 0 Å². The Morgan fingerprint density at radius 2 is 2.00 bits per heavy atom. The van der Waals surface area contributed by atoms with Gasteiger partial charge in [0.1, 0.15) is 5.82 Å². The zero-order valence-electron chi connectivity index (χ0n) is 13.6. The molecule has 4 nitrogen and oxygen atoms in total. The summed E-state index contributed by atoms with van der Waals surface area (Å²) in [7, 11) is 2.05. The van der Waals surface area contributed by atoms with Crippen molar-refractivity contribution < 1.29 is 0 Å². The lowest BCUT2D eigenvalue weighted by Gasteiger charge is -2.28. The highest BCUT2D eigenvalue weighted by Crippen LogP contribution is 2.34. The quantitative estimate of drug-likeness (QED) is 0.739. The molecule has 0 atom stereocenters. The number of nitrogens with zero attached hydrogens (tertiary/aromatic N) is 4. The SMILES string of the molecule is Cn1c(Cc2cccs2)nn(CN(C2CCCC2)C2CC2)c1=S. The second-order valence-corrected chi connectivity index (χ2v) is 8.24. The number of hydrogen-bond acceptors (Lipinski definition) is 4. The Hall–Kier alpha value is -0.980. The van der Waals surface area contributed by atoms with Gasteiger partial charge in [0.05, 0.1) is 6.67 Å². The highest BCUT2D eigenvalue weighted by Gasteiger charge is 2.35. The van der Waals surface area contributed by atoms with Gasteiger partial charge in [0.15, 0.2) is 4.77 Å². The van der Waals surface area contributed by atoms with Crippen molar-refractivity contribution >= 4 is 23.6 Å². The molecule has 2 aromatic rings. The Labute approximate surface area is 146 Å². The lowest BCUT2D eigenvalue weighted by atomic mass is 10.2. The fourth-order valence-electron chi connectivity index (χ4n) is 3.67. The van der Waals surface area contributed by atoms with Crippen LogP contribution in [0.3, 0.4) is 0 Å². The van der Waals surface area contributed by atoms with Crippen molar-refractivity contribution in [3.05, 3.63) is 33.0 Å². The van der Waals surface area contributed by atoms with Crippen LogP contribution in [0.1, 0.15) is 49.2 Å². The highest BCUT2D eigenvalue weighted by molar-refractivity contribution is 7.71. The average molecular weight is 349 g/mol. The molecule has 0 unspecified atom stereocenters. The van der Waals surface area contributed by atoms with Gasteiger partial charge in [-0.2, -0.15) is 5.10 Å². The minimum atomic E-state index is 0.743. The minimum Gasteiger partial charge on any atom is -0.307 e. The van der Waals surface area contributed by atoms with E-state index >= 15 is 0 Å². The molecule has 0 spiro atoms. The van der Waals surface area contributed by atoms with E-state index in [1.54, 1.807) is 11.3 Å². The third-order valence-electron chi connectivity index (χ3n) is 5.15. The van der Waals surface area contributed by atoms with E-state index in [2.05, 4.69) is 31.7 Å². The van der Waals surface area contributed by atoms with Crippen molar-refractivity contribution in [3.63, 3.8) is 0 Å². The highest BCUT2D eigenvalue weighted by atomic mass is 32.1. The van der Waals surface area contributed by atoms with Gasteiger partial charge in [0, 0.05) is 30.4 Å². The minimum absolute atomic E-state index is 0.743. The molecular weight excluding hydrogens is 324 g/mol. The van der Waals surface area contributed by atoms with Crippen molar-refractivity contribution in [3.8, 4) is 0 Å². The van der Waals surface area contributed by atoms with Crippen molar-refractivity contribution in [1.82, 2.24) is 19.2 Å². The van der Waals surface area contributed by atoms with E-state index in [4.69, 9.17) is 17.3 Å². The van der Waals surface area contributed by atoms with Crippen LogP contribution in [0.4, 0.5) is 0 Å². The molecule has 0 radical (unpaired) electrons. The zero-order valence-corrected chi connectivity index (χ0v) is 15.3. The maximum Gasteiger partial charge on any atom is 0.198 e. The summed E-state index contributed by atoms with van der Waals surface area (Å²) in [6.07, 6.45) is 9.02. The van der Waals surface area contributed by atoms with E-state index in [0.29, 0.717) is 0 Å². The summed E-state index contributed by atoms with van der Waals surface area (Å²) in [5.41, 5.74) is 0. The lowest BCUT2D eigenvalue weighted by molar-refractivity contribution is 0.134. The van der Waals surface area contributed by atoms with Crippen molar-refractivity contribution in [2.24, 2.45) is 7.05 Å². The molecule has 124 valence electrons. The second-order valence-electron chi connectivity index (χ2n) is 6.84. The van der Waals surface area contributed by atoms with Crippen molar-refractivity contribution in [2.75, 3.05) is 0 Å². The van der Waals surface area contributed by atoms with Crippen LogP contribution >= 0.6 is 23.6 Å². The van der Waals surface area contributed by atoms with Crippen LogP contribution in [-0.4, -0.2) is 31.3 Å². The molecule has 2 aliphatic rings. The molecule has 4 rings (SSSR count). The summed E-state index contributed by atoms with van der Waals surface area (Å²) in [5.74, 6) is 1.07. The van der Waals surface area contributed by atoms with Gasteiger partial charge in [0.25, 0.3) is 0 Å². The molecule has 0 N–H and O–H groups in total. The number of hydrogen-bond donors (Lipinski definition) is 0. The molecular formula is C17H24N4S2. The van der Waals surface area contributed by atoms with Crippen LogP contribution in [0.5, 0.6) is 0 Å². The van der Waals surface area contributed by atoms with Gasteiger partial charge in [-0.1, -0.05) is 18.9 Å². The summed E-state index contributed by atoms with van der Waals surface area (Å²) in [4.78, 5) is 4.01. The van der Waals surface area contributed by atoms with Crippen molar-refractivity contribution in [1.29, 1.82) is 0 Å². The molecule has 2 fully saturated rings. The van der Waals surface area contributed by atoms with Gasteiger partial charge in [0.2, 0.25) is 0 Å². The van der Waals surface area contributed by atoms with Gasteiger partial charge in [-0.25, -0.2) is 4.68 Å². The van der Waals surface area contributed by atoms with Crippen LogP contribution in [-0.2, 0) is 20.1 Å². The first-order chi connectivity index (χ1) is 11.2. The molecule has 0 amide bonds. The zero-order chi connectivity index (χ0) is 15.8. The predicted octanol–water partition coefficient (Wildman–Crippen LogP) is 3.97. The van der Waals surface area contributed by atoms with Crippen LogP contribution in [0.2, 0.25) is 0 Å². The molecule has 6 heteroatoms. The fraction of sp³-hybridized carbons (Fsp3) is 0.647. The molecule has 2 saturated carbocycles. The fourth-order valence-corrected chi connectivity index (χ4v) is 4.58. The van der Waals surface area contributed by atoms with E-state index in [0.717, 1.165) is 35.8 Å². The van der Waals surface area contributed by atoms with E-state index in [1.807, 2.05) is 7.05 Å². The molecule has 2 aromatic heterocycles. The predicted molar refractivity (Wildman–Crippen MR) is 96.3 cm³/mol. The summed E-state index contributed by atoms with van der Waals surface area (Å²) < 4.78 is 4.98. The maximum absolute atomic E-state index is 5.65. The van der Waals surface area contributed by atoms with Gasteiger partial charge in [-0.15, -0.1) is 11.3 Å². The Bertz CT molecular complexity index is 706. The monoisotopic (exact) mass is 348 g/mol. The van der Waals surface area contributed by atoms with Crippen molar-refractivity contribution in [2.45, 2.75) is 63.7 Å². The first-order valence-corrected chi connectivity index (χ1v) is 9.92. The molecule has 0 bridgehead atoms. The third kappa shape index (κ3) is 3.30. The Kier molecular flexibility index (Phi) is 4.39. The van der Waals surface area contributed by atoms with E-state index in [1.165, 1.54) is 43.4 Å². The van der Waals surface area contributed by atoms with Crippen LogP contribution in [0, 0.1) is 4.77 Å². The summed E-state index contributed by atoms with van der Waals surface area (Å²) in [5, 5.41) is 6.97. The largest absolute Gasteiger partial charge is 0.307 e. The Morgan fingerprint density at radius 3 is 2.65 bits per heavy atom. The molecule has 2 aliphatic carbocycles. The third-order valence-corrected chi connectivity index (χ3v) is 6.51. The smallest absolute Gasteiger partial charge is 0.198 e. The molecule has 0 saturated heterocycles.